The molecule has 1 aromatic heterocycles. The number of carbonyl (C=O) groups excluding carboxylic acids is 1. The number of hydrogen-bond donors (Lipinski definition) is 1. The third-order valence-corrected chi connectivity index (χ3v) is 6.95. The van der Waals surface area contributed by atoms with Gasteiger partial charge in [0.15, 0.2) is 0 Å². The van der Waals surface area contributed by atoms with Gasteiger partial charge in [-0.1, -0.05) is 36.6 Å². The lowest BCUT2D eigenvalue weighted by Gasteiger charge is -2.36. The zero-order valence-electron chi connectivity index (χ0n) is 18.8. The minimum absolute atomic E-state index is 0.0644. The number of rotatable bonds is 6. The first-order valence-corrected chi connectivity index (χ1v) is 12.4. The highest BCUT2D eigenvalue weighted by atomic mass is 35.5. The fourth-order valence-corrected chi connectivity index (χ4v) is 5.11. The number of benzene rings is 1. The Morgan fingerprint density at radius 3 is 2.50 bits per heavy atom. The quantitative estimate of drug-likeness (QED) is 0.656. The SMILES string of the molecule is Nc1ncc(-c2ccc(Cl)cc2)c([C@@H]2CCCCN2C(=O)CCCN2CCCCCC2)n1. The van der Waals surface area contributed by atoms with Crippen molar-refractivity contribution in [3.8, 4) is 11.1 Å². The molecule has 2 aromatic rings. The van der Waals surface area contributed by atoms with Crippen molar-refractivity contribution in [2.24, 2.45) is 0 Å². The summed E-state index contributed by atoms with van der Waals surface area (Å²) in [7, 11) is 0. The van der Waals surface area contributed by atoms with Gasteiger partial charge in [-0.3, -0.25) is 4.79 Å². The van der Waals surface area contributed by atoms with Crippen LogP contribution in [0, 0.1) is 0 Å². The van der Waals surface area contributed by atoms with Crippen LogP contribution in [0.5, 0.6) is 0 Å². The Bertz CT molecular complexity index is 896. The Kier molecular flexibility index (Phi) is 7.98. The summed E-state index contributed by atoms with van der Waals surface area (Å²) >= 11 is 6.08. The van der Waals surface area contributed by atoms with Crippen molar-refractivity contribution < 1.29 is 4.79 Å². The number of nitrogen functional groups attached to an aromatic ring is 1. The molecule has 2 fully saturated rings. The molecular weight excluding hydrogens is 422 g/mol. The zero-order valence-corrected chi connectivity index (χ0v) is 19.6. The average molecular weight is 456 g/mol. The van der Waals surface area contributed by atoms with Crippen LogP contribution in [0.1, 0.15) is 69.5 Å². The largest absolute Gasteiger partial charge is 0.368 e. The van der Waals surface area contributed by atoms with Crippen molar-refractivity contribution in [1.29, 1.82) is 0 Å². The van der Waals surface area contributed by atoms with E-state index < -0.39 is 0 Å². The Hall–Kier alpha value is -2.18. The van der Waals surface area contributed by atoms with E-state index in [0.29, 0.717) is 11.4 Å². The van der Waals surface area contributed by atoms with Gasteiger partial charge in [0.1, 0.15) is 0 Å². The molecule has 2 N–H and O–H groups in total. The van der Waals surface area contributed by atoms with Crippen LogP contribution in [-0.2, 0) is 4.79 Å². The van der Waals surface area contributed by atoms with E-state index in [9.17, 15) is 4.79 Å². The van der Waals surface area contributed by atoms with Crippen molar-refractivity contribution in [3.05, 3.63) is 41.2 Å². The van der Waals surface area contributed by atoms with Gasteiger partial charge in [-0.25, -0.2) is 9.97 Å². The molecule has 0 saturated carbocycles. The summed E-state index contributed by atoms with van der Waals surface area (Å²) in [5.74, 6) is 0.473. The monoisotopic (exact) mass is 455 g/mol. The van der Waals surface area contributed by atoms with Gasteiger partial charge in [-0.05, 0) is 75.9 Å². The van der Waals surface area contributed by atoms with Crippen LogP contribution in [0.2, 0.25) is 5.02 Å². The Morgan fingerprint density at radius 1 is 1.03 bits per heavy atom. The molecule has 1 amide bonds. The second kappa shape index (κ2) is 11.1. The lowest BCUT2D eigenvalue weighted by molar-refractivity contribution is -0.135. The normalized spacial score (nSPS) is 20.2. The van der Waals surface area contributed by atoms with Crippen LogP contribution in [-0.4, -0.2) is 51.9 Å². The van der Waals surface area contributed by atoms with Gasteiger partial charge >= 0.3 is 0 Å². The minimum Gasteiger partial charge on any atom is -0.368 e. The fourth-order valence-electron chi connectivity index (χ4n) is 4.99. The molecule has 3 heterocycles. The molecular formula is C25H34ClN5O. The van der Waals surface area contributed by atoms with E-state index in [4.69, 9.17) is 17.3 Å². The van der Waals surface area contributed by atoms with Crippen molar-refractivity contribution in [2.75, 3.05) is 31.9 Å². The minimum atomic E-state index is -0.0644. The molecule has 0 aliphatic carbocycles. The first-order chi connectivity index (χ1) is 15.6. The zero-order chi connectivity index (χ0) is 22.3. The van der Waals surface area contributed by atoms with E-state index in [0.717, 1.165) is 55.6 Å². The maximum atomic E-state index is 13.3. The van der Waals surface area contributed by atoms with Crippen LogP contribution in [0.25, 0.3) is 11.1 Å². The fraction of sp³-hybridized carbons (Fsp3) is 0.560. The van der Waals surface area contributed by atoms with Crippen LogP contribution < -0.4 is 5.73 Å². The molecule has 172 valence electrons. The molecule has 0 radical (unpaired) electrons. The second-order valence-corrected chi connectivity index (χ2v) is 9.43. The van der Waals surface area contributed by atoms with Crippen LogP contribution in [0.4, 0.5) is 5.95 Å². The molecule has 32 heavy (non-hydrogen) atoms. The number of piperidine rings is 1. The molecule has 0 bridgehead atoms. The van der Waals surface area contributed by atoms with Crippen LogP contribution >= 0.6 is 11.6 Å². The van der Waals surface area contributed by atoms with Crippen molar-refractivity contribution >= 4 is 23.5 Å². The summed E-state index contributed by atoms with van der Waals surface area (Å²) in [6.07, 6.45) is 11.5. The van der Waals surface area contributed by atoms with Crippen LogP contribution in [0.15, 0.2) is 30.5 Å². The number of carbonyl (C=O) groups is 1. The molecule has 2 saturated heterocycles. The van der Waals surface area contributed by atoms with Crippen LogP contribution in [0.3, 0.4) is 0 Å². The number of amides is 1. The predicted molar refractivity (Wildman–Crippen MR) is 129 cm³/mol. The summed E-state index contributed by atoms with van der Waals surface area (Å²) in [4.78, 5) is 26.7. The maximum absolute atomic E-state index is 13.3. The molecule has 7 heteroatoms. The molecule has 2 aliphatic rings. The molecule has 0 unspecified atom stereocenters. The van der Waals surface area contributed by atoms with Crippen molar-refractivity contribution in [1.82, 2.24) is 19.8 Å². The lowest BCUT2D eigenvalue weighted by atomic mass is 9.93. The summed E-state index contributed by atoms with van der Waals surface area (Å²) in [5, 5.41) is 0.686. The Balaban J connectivity index is 1.48. The second-order valence-electron chi connectivity index (χ2n) is 8.99. The smallest absolute Gasteiger partial charge is 0.223 e. The maximum Gasteiger partial charge on any atom is 0.223 e. The topological polar surface area (TPSA) is 75.3 Å². The van der Waals surface area contributed by atoms with E-state index in [1.54, 1.807) is 6.20 Å². The third kappa shape index (κ3) is 5.78. The van der Waals surface area contributed by atoms with Gasteiger partial charge < -0.3 is 15.5 Å². The number of aromatic nitrogens is 2. The highest BCUT2D eigenvalue weighted by molar-refractivity contribution is 6.30. The predicted octanol–water partition coefficient (Wildman–Crippen LogP) is 5.09. The summed E-state index contributed by atoms with van der Waals surface area (Å²) < 4.78 is 0. The number of nitrogens with two attached hydrogens (primary N) is 1. The van der Waals surface area contributed by atoms with Crippen molar-refractivity contribution in [3.63, 3.8) is 0 Å². The van der Waals surface area contributed by atoms with E-state index in [1.165, 1.54) is 38.8 Å². The summed E-state index contributed by atoms with van der Waals surface area (Å²) in [6.45, 7) is 4.13. The number of anilines is 1. The number of nitrogens with zero attached hydrogens (tertiary/aromatic N) is 4. The number of halogens is 1. The first kappa shape index (κ1) is 23.0. The average Bonchev–Trinajstić information content (AvgIpc) is 3.08. The third-order valence-electron chi connectivity index (χ3n) is 6.69. The van der Waals surface area contributed by atoms with Gasteiger partial charge in [0, 0.05) is 29.7 Å². The molecule has 6 nitrogen and oxygen atoms in total. The molecule has 4 rings (SSSR count). The first-order valence-electron chi connectivity index (χ1n) is 12.0. The molecule has 1 atom stereocenters. The molecule has 2 aliphatic heterocycles. The van der Waals surface area contributed by atoms with Gasteiger partial charge in [0.2, 0.25) is 11.9 Å². The van der Waals surface area contributed by atoms with E-state index in [-0.39, 0.29) is 17.9 Å². The van der Waals surface area contributed by atoms with Crippen molar-refractivity contribution in [2.45, 2.75) is 63.8 Å². The Morgan fingerprint density at radius 2 is 1.75 bits per heavy atom. The van der Waals surface area contributed by atoms with Gasteiger partial charge in [0.25, 0.3) is 0 Å². The van der Waals surface area contributed by atoms with Gasteiger partial charge in [0.05, 0.1) is 11.7 Å². The summed E-state index contributed by atoms with van der Waals surface area (Å²) in [6, 6.07) is 7.60. The highest BCUT2D eigenvalue weighted by Crippen LogP contribution is 2.36. The van der Waals surface area contributed by atoms with E-state index >= 15 is 0 Å². The lowest BCUT2D eigenvalue weighted by Crippen LogP contribution is -2.39. The standard InChI is InChI=1S/C25H34ClN5O/c26-20-12-10-19(11-13-20)21-18-28-25(27)29-24(21)22-8-3-6-17-31(22)23(32)9-7-16-30-14-4-1-2-5-15-30/h10-13,18,22H,1-9,14-17H2,(H2,27,28,29)/t22-/m0/s1. The molecule has 0 spiro atoms. The van der Waals surface area contributed by atoms with Gasteiger partial charge in [-0.2, -0.15) is 0 Å². The molecule has 1 aromatic carbocycles. The van der Waals surface area contributed by atoms with E-state index in [2.05, 4.69) is 14.9 Å². The van der Waals surface area contributed by atoms with E-state index in [1.807, 2.05) is 29.2 Å². The number of likely N-dealkylation sites (tertiary alicyclic amines) is 2. The number of hydrogen-bond acceptors (Lipinski definition) is 5. The van der Waals surface area contributed by atoms with Gasteiger partial charge in [-0.15, -0.1) is 0 Å². The highest BCUT2D eigenvalue weighted by Gasteiger charge is 2.31. The Labute approximate surface area is 196 Å². The summed E-state index contributed by atoms with van der Waals surface area (Å²) in [5.41, 5.74) is 8.74.